The molecule has 2 aromatic heterocycles. The number of amides is 2. The Bertz CT molecular complexity index is 1050. The molecule has 1 aliphatic rings. The minimum Gasteiger partial charge on any atom is -0.379 e. The number of benzene rings is 1. The fourth-order valence-corrected chi connectivity index (χ4v) is 4.02. The first-order valence-corrected chi connectivity index (χ1v) is 10.6. The summed E-state index contributed by atoms with van der Waals surface area (Å²) in [6, 6.07) is 10.9. The summed E-state index contributed by atoms with van der Waals surface area (Å²) in [6.45, 7) is 4.11. The molecule has 0 bridgehead atoms. The van der Waals surface area contributed by atoms with E-state index in [1.54, 1.807) is 36.7 Å². The number of hydrogen-bond acceptors (Lipinski definition) is 8. The number of ether oxygens (including phenoxy) is 1. The van der Waals surface area contributed by atoms with Crippen molar-refractivity contribution in [3.05, 3.63) is 65.6 Å². The number of nitrogens with zero attached hydrogens (tertiary/aromatic N) is 3. The molecular weight excluding hydrogens is 416 g/mol. The van der Waals surface area contributed by atoms with Gasteiger partial charge in [0, 0.05) is 43.3 Å². The zero-order valence-electron chi connectivity index (χ0n) is 16.7. The van der Waals surface area contributed by atoms with Gasteiger partial charge in [-0.05, 0) is 29.8 Å². The van der Waals surface area contributed by atoms with Crippen molar-refractivity contribution in [2.45, 2.75) is 6.54 Å². The lowest BCUT2D eigenvalue weighted by Crippen LogP contribution is -2.35. The van der Waals surface area contributed by atoms with E-state index >= 15 is 0 Å². The van der Waals surface area contributed by atoms with E-state index in [1.165, 1.54) is 0 Å². The van der Waals surface area contributed by atoms with Crippen LogP contribution in [0.4, 0.5) is 15.8 Å². The summed E-state index contributed by atoms with van der Waals surface area (Å²) in [4.78, 5) is 35.0. The summed E-state index contributed by atoms with van der Waals surface area (Å²) >= 11 is 1.14. The third kappa shape index (κ3) is 5.43. The van der Waals surface area contributed by atoms with Crippen LogP contribution in [0.25, 0.3) is 0 Å². The fourth-order valence-electron chi connectivity index (χ4n) is 3.14. The molecule has 0 aliphatic carbocycles. The molecule has 3 heterocycles. The molecule has 2 amide bonds. The number of thiazole rings is 1. The first kappa shape index (κ1) is 20.9. The Morgan fingerprint density at radius 3 is 2.48 bits per heavy atom. The average molecular weight is 439 g/mol. The molecule has 1 aliphatic heterocycles. The maximum atomic E-state index is 12.7. The molecule has 3 aromatic rings. The van der Waals surface area contributed by atoms with Crippen molar-refractivity contribution in [3.63, 3.8) is 0 Å². The lowest BCUT2D eigenvalue weighted by molar-refractivity contribution is 0.0342. The van der Waals surface area contributed by atoms with E-state index in [9.17, 15) is 9.59 Å². The molecule has 4 N–H and O–H groups in total. The van der Waals surface area contributed by atoms with Crippen LogP contribution < -0.4 is 16.4 Å². The van der Waals surface area contributed by atoms with Gasteiger partial charge in [-0.2, -0.15) is 0 Å². The van der Waals surface area contributed by atoms with Gasteiger partial charge in [-0.15, -0.1) is 0 Å². The second-order valence-corrected chi connectivity index (χ2v) is 7.96. The monoisotopic (exact) mass is 438 g/mol. The molecule has 0 unspecified atom stereocenters. The number of carbonyl (C=O) groups is 2. The fraction of sp³-hybridized carbons (Fsp3) is 0.238. The van der Waals surface area contributed by atoms with E-state index < -0.39 is 5.91 Å². The lowest BCUT2D eigenvalue weighted by Gasteiger charge is -2.26. The Labute approximate surface area is 183 Å². The zero-order chi connectivity index (χ0) is 21.6. The molecule has 1 saturated heterocycles. The summed E-state index contributed by atoms with van der Waals surface area (Å²) in [7, 11) is 0. The van der Waals surface area contributed by atoms with Gasteiger partial charge in [-0.1, -0.05) is 23.5 Å². The summed E-state index contributed by atoms with van der Waals surface area (Å²) < 4.78 is 5.37. The quantitative estimate of drug-likeness (QED) is 0.518. The molecule has 10 heteroatoms. The summed E-state index contributed by atoms with van der Waals surface area (Å²) in [5.74, 6) is -1.05. The van der Waals surface area contributed by atoms with E-state index in [0.29, 0.717) is 15.7 Å². The second kappa shape index (κ2) is 9.65. The van der Waals surface area contributed by atoms with Crippen LogP contribution in [0.15, 0.2) is 48.8 Å². The highest BCUT2D eigenvalue weighted by Crippen LogP contribution is 2.30. The topological polar surface area (TPSA) is 122 Å². The molecule has 4 rings (SSSR count). The number of hydrogen-bond donors (Lipinski definition) is 3. The van der Waals surface area contributed by atoms with Gasteiger partial charge in [0.05, 0.1) is 13.2 Å². The highest BCUT2D eigenvalue weighted by Gasteiger charge is 2.19. The maximum absolute atomic E-state index is 12.7. The van der Waals surface area contributed by atoms with Crippen LogP contribution in [-0.4, -0.2) is 53.0 Å². The Morgan fingerprint density at radius 1 is 1.10 bits per heavy atom. The van der Waals surface area contributed by atoms with Gasteiger partial charge in [-0.25, -0.2) is 4.98 Å². The van der Waals surface area contributed by atoms with E-state index in [-0.39, 0.29) is 11.6 Å². The molecule has 1 aromatic carbocycles. The normalized spacial score (nSPS) is 14.2. The molecular formula is C21H22N6O3S. The summed E-state index contributed by atoms with van der Waals surface area (Å²) in [5.41, 5.74) is 7.83. The average Bonchev–Trinajstić information content (AvgIpc) is 3.18. The van der Waals surface area contributed by atoms with Crippen molar-refractivity contribution in [2.24, 2.45) is 5.73 Å². The van der Waals surface area contributed by atoms with Crippen LogP contribution in [0, 0.1) is 0 Å². The molecule has 1 fully saturated rings. The smallest absolute Gasteiger partial charge is 0.270 e. The van der Waals surface area contributed by atoms with Crippen molar-refractivity contribution in [2.75, 3.05) is 36.9 Å². The molecule has 31 heavy (non-hydrogen) atoms. The number of anilines is 3. The second-order valence-electron chi connectivity index (χ2n) is 6.96. The van der Waals surface area contributed by atoms with Crippen molar-refractivity contribution in [3.8, 4) is 0 Å². The Balaban J connectivity index is 1.44. The van der Waals surface area contributed by atoms with Gasteiger partial charge in [0.2, 0.25) is 0 Å². The lowest BCUT2D eigenvalue weighted by atomic mass is 10.1. The van der Waals surface area contributed by atoms with E-state index in [1.807, 2.05) is 12.1 Å². The standard InChI is InChI=1S/C21H22N6O3S/c22-18(28)17-20(31-21(25-17)24-16-5-7-23-8-6-16)26-19(29)15-3-1-14(2-4-15)13-27-9-11-30-12-10-27/h1-8H,9-13H2,(H2,22,28)(H,26,29)(H,23,24,25). The minimum atomic E-state index is -0.713. The number of pyridine rings is 1. The van der Waals surface area contributed by atoms with Gasteiger partial charge in [0.25, 0.3) is 11.8 Å². The number of nitrogens with two attached hydrogens (primary N) is 1. The molecule has 9 nitrogen and oxygen atoms in total. The number of rotatable bonds is 7. The van der Waals surface area contributed by atoms with Crippen molar-refractivity contribution < 1.29 is 14.3 Å². The van der Waals surface area contributed by atoms with E-state index in [0.717, 1.165) is 55.4 Å². The molecule has 0 radical (unpaired) electrons. The van der Waals surface area contributed by atoms with Gasteiger partial charge in [-0.3, -0.25) is 19.5 Å². The van der Waals surface area contributed by atoms with Crippen LogP contribution in [-0.2, 0) is 11.3 Å². The SMILES string of the molecule is NC(=O)c1nc(Nc2ccncc2)sc1NC(=O)c1ccc(CN2CCOCC2)cc1. The number of aromatic nitrogens is 2. The van der Waals surface area contributed by atoms with Crippen LogP contribution in [0.1, 0.15) is 26.4 Å². The Hall–Kier alpha value is -3.34. The predicted molar refractivity (Wildman–Crippen MR) is 119 cm³/mol. The number of primary amides is 1. The van der Waals surface area contributed by atoms with Gasteiger partial charge in [0.15, 0.2) is 10.8 Å². The third-order valence-electron chi connectivity index (χ3n) is 4.75. The number of nitrogens with one attached hydrogen (secondary N) is 2. The van der Waals surface area contributed by atoms with Crippen LogP contribution >= 0.6 is 11.3 Å². The highest BCUT2D eigenvalue weighted by atomic mass is 32.1. The van der Waals surface area contributed by atoms with Gasteiger partial charge < -0.3 is 21.1 Å². The zero-order valence-corrected chi connectivity index (χ0v) is 17.5. The molecule has 0 saturated carbocycles. The summed E-state index contributed by atoms with van der Waals surface area (Å²) in [6.07, 6.45) is 3.27. The number of morpholine rings is 1. The predicted octanol–water partition coefficient (Wildman–Crippen LogP) is 2.47. The molecule has 0 atom stereocenters. The van der Waals surface area contributed by atoms with Crippen LogP contribution in [0.5, 0.6) is 0 Å². The van der Waals surface area contributed by atoms with Crippen molar-refractivity contribution >= 4 is 39.0 Å². The van der Waals surface area contributed by atoms with E-state index in [2.05, 4.69) is 25.5 Å². The van der Waals surface area contributed by atoms with Gasteiger partial charge in [0.1, 0.15) is 5.00 Å². The van der Waals surface area contributed by atoms with Crippen LogP contribution in [0.3, 0.4) is 0 Å². The highest BCUT2D eigenvalue weighted by molar-refractivity contribution is 7.20. The third-order valence-corrected chi connectivity index (χ3v) is 5.63. The Morgan fingerprint density at radius 2 is 1.81 bits per heavy atom. The van der Waals surface area contributed by atoms with Crippen molar-refractivity contribution in [1.29, 1.82) is 0 Å². The van der Waals surface area contributed by atoms with E-state index in [4.69, 9.17) is 10.5 Å². The maximum Gasteiger partial charge on any atom is 0.270 e. The molecule has 0 spiro atoms. The summed E-state index contributed by atoms with van der Waals surface area (Å²) in [5, 5.41) is 6.56. The first-order chi connectivity index (χ1) is 15.1. The minimum absolute atomic E-state index is 0.0128. The molecule has 160 valence electrons. The number of carbonyl (C=O) groups excluding carboxylic acids is 2. The van der Waals surface area contributed by atoms with Gasteiger partial charge >= 0.3 is 0 Å². The Kier molecular flexibility index (Phi) is 6.51. The largest absolute Gasteiger partial charge is 0.379 e. The first-order valence-electron chi connectivity index (χ1n) is 9.76. The van der Waals surface area contributed by atoms with Crippen LogP contribution in [0.2, 0.25) is 0 Å². The van der Waals surface area contributed by atoms with Crippen molar-refractivity contribution in [1.82, 2.24) is 14.9 Å².